The summed E-state index contributed by atoms with van der Waals surface area (Å²) in [6.45, 7) is 4.66. The van der Waals surface area contributed by atoms with Crippen LogP contribution in [-0.4, -0.2) is 34.9 Å². The normalized spacial score (nSPS) is 10.8. The second kappa shape index (κ2) is 13.1. The van der Waals surface area contributed by atoms with Crippen LogP contribution in [0.4, 0.5) is 0 Å². The van der Waals surface area contributed by atoms with E-state index in [1.165, 1.54) is 16.7 Å². The Morgan fingerprint density at radius 3 is 2.50 bits per heavy atom. The van der Waals surface area contributed by atoms with Gasteiger partial charge >= 0.3 is 0 Å². The molecule has 198 valence electrons. The highest BCUT2D eigenvalue weighted by molar-refractivity contribution is 7.98. The van der Waals surface area contributed by atoms with E-state index in [9.17, 15) is 4.79 Å². The lowest BCUT2D eigenvalue weighted by Crippen LogP contribution is -2.23. The number of benzene rings is 3. The SMILES string of the molecule is COc1cccc(-n2c(CCCC(=O)NCc3ccccc3OC)nnc2SCc2cc(C)cc(C)c2)c1. The third-order valence-corrected chi connectivity index (χ3v) is 7.13. The minimum absolute atomic E-state index is 0.00670. The van der Waals surface area contributed by atoms with Crippen molar-refractivity contribution in [3.8, 4) is 17.2 Å². The molecule has 0 bridgehead atoms. The maximum absolute atomic E-state index is 12.5. The van der Waals surface area contributed by atoms with Gasteiger partial charge in [-0.15, -0.1) is 10.2 Å². The highest BCUT2D eigenvalue weighted by Gasteiger charge is 2.16. The van der Waals surface area contributed by atoms with E-state index < -0.39 is 0 Å². The lowest BCUT2D eigenvalue weighted by atomic mass is 10.1. The Labute approximate surface area is 228 Å². The van der Waals surface area contributed by atoms with Crippen LogP contribution in [0, 0.1) is 13.8 Å². The number of ether oxygens (including phenoxy) is 2. The Balaban J connectivity index is 1.44. The first-order valence-corrected chi connectivity index (χ1v) is 13.6. The Hall–Kier alpha value is -3.78. The number of carbonyl (C=O) groups excluding carboxylic acids is 1. The highest BCUT2D eigenvalue weighted by Crippen LogP contribution is 2.28. The molecule has 0 saturated carbocycles. The zero-order valence-corrected chi connectivity index (χ0v) is 23.2. The molecule has 0 aliphatic rings. The average Bonchev–Trinajstić information content (AvgIpc) is 3.33. The number of hydrogen-bond acceptors (Lipinski definition) is 6. The van der Waals surface area contributed by atoms with Gasteiger partial charge in [-0.05, 0) is 44.0 Å². The van der Waals surface area contributed by atoms with Crippen LogP contribution in [0.1, 0.15) is 40.9 Å². The third-order valence-electron chi connectivity index (χ3n) is 6.13. The minimum Gasteiger partial charge on any atom is -0.497 e. The average molecular weight is 531 g/mol. The Kier molecular flexibility index (Phi) is 9.43. The number of rotatable bonds is 12. The third kappa shape index (κ3) is 7.16. The maximum atomic E-state index is 12.5. The van der Waals surface area contributed by atoms with Crippen molar-refractivity contribution >= 4 is 17.7 Å². The van der Waals surface area contributed by atoms with E-state index in [1.807, 2.05) is 48.5 Å². The molecule has 7 nitrogen and oxygen atoms in total. The van der Waals surface area contributed by atoms with E-state index in [0.717, 1.165) is 39.5 Å². The van der Waals surface area contributed by atoms with E-state index in [1.54, 1.807) is 26.0 Å². The van der Waals surface area contributed by atoms with Crippen LogP contribution < -0.4 is 14.8 Å². The van der Waals surface area contributed by atoms with Crippen LogP contribution >= 0.6 is 11.8 Å². The van der Waals surface area contributed by atoms with Crippen molar-refractivity contribution in [3.05, 3.63) is 94.8 Å². The number of nitrogens with one attached hydrogen (secondary N) is 1. The molecule has 0 fully saturated rings. The Morgan fingerprint density at radius 2 is 1.74 bits per heavy atom. The van der Waals surface area contributed by atoms with Crippen LogP contribution in [0.25, 0.3) is 5.69 Å². The molecule has 38 heavy (non-hydrogen) atoms. The molecular formula is C30H34N4O3S. The molecule has 1 N–H and O–H groups in total. The van der Waals surface area contributed by atoms with E-state index in [4.69, 9.17) is 9.47 Å². The summed E-state index contributed by atoms with van der Waals surface area (Å²) in [6.07, 6.45) is 1.67. The fourth-order valence-corrected chi connectivity index (χ4v) is 5.30. The fraction of sp³-hybridized carbons (Fsp3) is 0.300. The fourth-order valence-electron chi connectivity index (χ4n) is 4.40. The molecule has 3 aromatic carbocycles. The summed E-state index contributed by atoms with van der Waals surface area (Å²) in [7, 11) is 3.29. The summed E-state index contributed by atoms with van der Waals surface area (Å²) in [5.74, 6) is 3.13. The molecule has 0 atom stereocenters. The zero-order chi connectivity index (χ0) is 26.9. The first-order chi connectivity index (χ1) is 18.5. The number of para-hydroxylation sites is 1. The molecule has 4 aromatic rings. The van der Waals surface area contributed by atoms with Crippen LogP contribution in [-0.2, 0) is 23.5 Å². The van der Waals surface area contributed by atoms with Gasteiger partial charge in [-0.3, -0.25) is 9.36 Å². The van der Waals surface area contributed by atoms with E-state index in [-0.39, 0.29) is 5.91 Å². The summed E-state index contributed by atoms with van der Waals surface area (Å²) in [5.41, 5.74) is 5.64. The molecule has 0 aliphatic heterocycles. The molecule has 0 saturated heterocycles. The van der Waals surface area contributed by atoms with Gasteiger partial charge in [-0.25, -0.2) is 0 Å². The van der Waals surface area contributed by atoms with Crippen molar-refractivity contribution in [3.63, 3.8) is 0 Å². The van der Waals surface area contributed by atoms with Crippen molar-refractivity contribution in [2.75, 3.05) is 14.2 Å². The lowest BCUT2D eigenvalue weighted by Gasteiger charge is -2.12. The molecule has 1 amide bonds. The molecule has 0 spiro atoms. The first-order valence-electron chi connectivity index (χ1n) is 12.6. The van der Waals surface area contributed by atoms with Gasteiger partial charge in [-0.2, -0.15) is 0 Å². The van der Waals surface area contributed by atoms with E-state index in [2.05, 4.69) is 52.1 Å². The molecule has 4 rings (SSSR count). The second-order valence-electron chi connectivity index (χ2n) is 9.16. The number of aryl methyl sites for hydroxylation is 3. The molecule has 0 aliphatic carbocycles. The van der Waals surface area contributed by atoms with Crippen molar-refractivity contribution in [1.82, 2.24) is 20.1 Å². The van der Waals surface area contributed by atoms with E-state index in [0.29, 0.717) is 25.8 Å². The van der Waals surface area contributed by atoms with Gasteiger partial charge < -0.3 is 14.8 Å². The second-order valence-corrected chi connectivity index (χ2v) is 10.1. The predicted octanol–water partition coefficient (Wildman–Crippen LogP) is 5.83. The summed E-state index contributed by atoms with van der Waals surface area (Å²) in [6, 6.07) is 22.2. The number of aromatic nitrogens is 3. The van der Waals surface area contributed by atoms with Crippen molar-refractivity contribution < 1.29 is 14.3 Å². The summed E-state index contributed by atoms with van der Waals surface area (Å²) >= 11 is 1.65. The highest BCUT2D eigenvalue weighted by atomic mass is 32.2. The molecule has 1 heterocycles. The van der Waals surface area contributed by atoms with Crippen LogP contribution in [0.15, 0.2) is 71.9 Å². The van der Waals surface area contributed by atoms with Crippen LogP contribution in [0.2, 0.25) is 0 Å². The summed E-state index contributed by atoms with van der Waals surface area (Å²) < 4.78 is 12.9. The summed E-state index contributed by atoms with van der Waals surface area (Å²) in [5, 5.41) is 12.8. The Bertz CT molecular complexity index is 1370. The first kappa shape index (κ1) is 27.3. The standard InChI is InChI=1S/C30H34N4O3S/c1-21-15-22(2)17-23(16-21)20-38-30-33-32-28(34(30)25-10-7-11-26(18-25)36-3)13-8-14-29(35)31-19-24-9-5-6-12-27(24)37-4/h5-7,9-12,15-18H,8,13-14,19-20H2,1-4H3,(H,31,35). The quantitative estimate of drug-likeness (QED) is 0.232. The number of hydrogen-bond donors (Lipinski definition) is 1. The van der Waals surface area contributed by atoms with Gasteiger partial charge in [0.2, 0.25) is 5.91 Å². The minimum atomic E-state index is -0.00670. The van der Waals surface area contributed by atoms with Gasteiger partial charge in [0.1, 0.15) is 17.3 Å². The van der Waals surface area contributed by atoms with Gasteiger partial charge in [-0.1, -0.05) is 65.4 Å². The van der Waals surface area contributed by atoms with Crippen molar-refractivity contribution in [1.29, 1.82) is 0 Å². The lowest BCUT2D eigenvalue weighted by molar-refractivity contribution is -0.121. The monoisotopic (exact) mass is 530 g/mol. The predicted molar refractivity (Wildman–Crippen MR) is 151 cm³/mol. The van der Waals surface area contributed by atoms with E-state index >= 15 is 0 Å². The molecule has 1 aromatic heterocycles. The molecule has 0 unspecified atom stereocenters. The smallest absolute Gasteiger partial charge is 0.220 e. The number of thioether (sulfide) groups is 1. The van der Waals surface area contributed by atoms with Gasteiger partial charge in [0.05, 0.1) is 19.9 Å². The van der Waals surface area contributed by atoms with Crippen molar-refractivity contribution in [2.24, 2.45) is 0 Å². The largest absolute Gasteiger partial charge is 0.497 e. The van der Waals surface area contributed by atoms with Crippen LogP contribution in [0.5, 0.6) is 11.5 Å². The Morgan fingerprint density at radius 1 is 0.947 bits per heavy atom. The molecule has 0 radical (unpaired) electrons. The summed E-state index contributed by atoms with van der Waals surface area (Å²) in [4.78, 5) is 12.5. The zero-order valence-electron chi connectivity index (χ0n) is 22.4. The topological polar surface area (TPSA) is 78.3 Å². The number of nitrogens with zero attached hydrogens (tertiary/aromatic N) is 3. The van der Waals surface area contributed by atoms with Gasteiger partial charge in [0.15, 0.2) is 5.16 Å². The van der Waals surface area contributed by atoms with Crippen LogP contribution in [0.3, 0.4) is 0 Å². The van der Waals surface area contributed by atoms with Gasteiger partial charge in [0.25, 0.3) is 0 Å². The number of amides is 1. The number of methoxy groups -OCH3 is 2. The molecular weight excluding hydrogens is 496 g/mol. The number of carbonyl (C=O) groups is 1. The van der Waals surface area contributed by atoms with Crippen molar-refractivity contribution in [2.45, 2.75) is 50.6 Å². The maximum Gasteiger partial charge on any atom is 0.220 e. The van der Waals surface area contributed by atoms with Gasteiger partial charge in [0, 0.05) is 36.8 Å². The molecule has 8 heteroatoms.